The minimum Gasteiger partial charge on any atom is -0.352 e. The lowest BCUT2D eigenvalue weighted by Crippen LogP contribution is -2.32. The lowest BCUT2D eigenvalue weighted by Gasteiger charge is -2.27. The van der Waals surface area contributed by atoms with Crippen LogP contribution in [-0.4, -0.2) is 47.1 Å². The van der Waals surface area contributed by atoms with Crippen molar-refractivity contribution in [3.63, 3.8) is 0 Å². The Balaban J connectivity index is 1.88. The second-order valence-corrected chi connectivity index (χ2v) is 8.25. The van der Waals surface area contributed by atoms with E-state index in [0.29, 0.717) is 0 Å². The van der Waals surface area contributed by atoms with Gasteiger partial charge in [0.1, 0.15) is 0 Å². The Kier molecular flexibility index (Phi) is 5.71. The molecule has 0 saturated carbocycles. The highest BCUT2D eigenvalue weighted by atomic mass is 35.5. The molecule has 0 aliphatic carbocycles. The van der Waals surface area contributed by atoms with Crippen molar-refractivity contribution >= 4 is 40.3 Å². The first-order valence-electron chi connectivity index (χ1n) is 7.94. The fourth-order valence-electron chi connectivity index (χ4n) is 3.00. The van der Waals surface area contributed by atoms with Gasteiger partial charge in [-0.3, -0.25) is 4.98 Å². The Hall–Kier alpha value is -1.21. The van der Waals surface area contributed by atoms with E-state index in [1.165, 1.54) is 4.88 Å². The molecule has 0 radical (unpaired) electrons. The average molecular weight is 381 g/mol. The Morgan fingerprint density at radius 3 is 2.79 bits per heavy atom. The highest BCUT2D eigenvalue weighted by Crippen LogP contribution is 2.42. The van der Waals surface area contributed by atoms with Crippen LogP contribution in [0.2, 0.25) is 4.34 Å². The van der Waals surface area contributed by atoms with Crippen LogP contribution in [0.25, 0.3) is 0 Å². The SMILES string of the molecule is CN(C)CCCN1C(=S)N[C@H](c2ccccn2)[C@@H]1c1ccc(Cl)s1. The quantitative estimate of drug-likeness (QED) is 0.772. The molecule has 7 heteroatoms. The van der Waals surface area contributed by atoms with Crippen molar-refractivity contribution in [2.75, 3.05) is 27.2 Å². The van der Waals surface area contributed by atoms with Crippen LogP contribution < -0.4 is 5.32 Å². The van der Waals surface area contributed by atoms with Gasteiger partial charge >= 0.3 is 0 Å². The van der Waals surface area contributed by atoms with E-state index in [1.54, 1.807) is 11.3 Å². The van der Waals surface area contributed by atoms with Gasteiger partial charge in [-0.2, -0.15) is 0 Å². The zero-order valence-corrected chi connectivity index (χ0v) is 16.2. The Morgan fingerprint density at radius 1 is 1.33 bits per heavy atom. The number of thiocarbonyl (C=S) groups is 1. The zero-order valence-electron chi connectivity index (χ0n) is 13.8. The summed E-state index contributed by atoms with van der Waals surface area (Å²) in [5.41, 5.74) is 1.00. The van der Waals surface area contributed by atoms with E-state index in [-0.39, 0.29) is 12.1 Å². The van der Waals surface area contributed by atoms with E-state index < -0.39 is 0 Å². The molecule has 4 nitrogen and oxygen atoms in total. The normalized spacial score (nSPS) is 20.7. The number of halogens is 1. The Morgan fingerprint density at radius 2 is 2.17 bits per heavy atom. The molecule has 0 spiro atoms. The summed E-state index contributed by atoms with van der Waals surface area (Å²) < 4.78 is 0.802. The third kappa shape index (κ3) is 3.88. The molecule has 0 bridgehead atoms. The van der Waals surface area contributed by atoms with Crippen LogP contribution in [0.3, 0.4) is 0 Å². The van der Waals surface area contributed by atoms with Gasteiger partial charge in [-0.25, -0.2) is 0 Å². The van der Waals surface area contributed by atoms with Crippen molar-refractivity contribution in [2.45, 2.75) is 18.5 Å². The van der Waals surface area contributed by atoms with Gasteiger partial charge in [0.15, 0.2) is 5.11 Å². The molecule has 1 fully saturated rings. The van der Waals surface area contributed by atoms with Crippen molar-refractivity contribution in [2.24, 2.45) is 0 Å². The standard InChI is InChI=1S/C17H21ClN4S2/c1-21(2)10-5-11-22-16(13-7-8-14(18)24-13)15(20-17(22)23)12-6-3-4-9-19-12/h3-4,6-9,15-16H,5,10-11H2,1-2H3,(H,20,23)/t15-,16+/m1/s1. The summed E-state index contributed by atoms with van der Waals surface area (Å²) in [6.45, 7) is 1.94. The molecule has 0 amide bonds. The number of rotatable bonds is 6. The Labute approximate surface area is 157 Å². The Bertz CT molecular complexity index is 689. The molecule has 3 heterocycles. The third-order valence-corrected chi connectivity index (χ3v) is 5.74. The van der Waals surface area contributed by atoms with Crippen LogP contribution in [0.4, 0.5) is 0 Å². The topological polar surface area (TPSA) is 31.4 Å². The van der Waals surface area contributed by atoms with Gasteiger partial charge in [-0.15, -0.1) is 11.3 Å². The average Bonchev–Trinajstić information content (AvgIpc) is 3.12. The maximum absolute atomic E-state index is 6.19. The number of thiophene rings is 1. The van der Waals surface area contributed by atoms with Gasteiger partial charge in [0.25, 0.3) is 0 Å². The second kappa shape index (κ2) is 7.78. The summed E-state index contributed by atoms with van der Waals surface area (Å²) >= 11 is 13.4. The van der Waals surface area contributed by atoms with Crippen molar-refractivity contribution in [3.05, 3.63) is 51.4 Å². The zero-order chi connectivity index (χ0) is 17.1. The third-order valence-electron chi connectivity index (χ3n) is 4.09. The van der Waals surface area contributed by atoms with Gasteiger partial charge in [-0.05, 0) is 63.5 Å². The van der Waals surface area contributed by atoms with E-state index in [4.69, 9.17) is 23.8 Å². The maximum Gasteiger partial charge on any atom is 0.170 e. The minimum absolute atomic E-state index is 0.0489. The van der Waals surface area contributed by atoms with Gasteiger partial charge in [0.2, 0.25) is 0 Å². The molecular weight excluding hydrogens is 360 g/mol. The molecule has 2 aromatic rings. The smallest absolute Gasteiger partial charge is 0.170 e. The lowest BCUT2D eigenvalue weighted by molar-refractivity contribution is 0.296. The highest BCUT2D eigenvalue weighted by molar-refractivity contribution is 7.80. The molecule has 1 saturated heterocycles. The summed E-state index contributed by atoms with van der Waals surface area (Å²) in [7, 11) is 4.18. The van der Waals surface area contributed by atoms with Crippen LogP contribution in [0.5, 0.6) is 0 Å². The maximum atomic E-state index is 6.19. The molecule has 128 valence electrons. The van der Waals surface area contributed by atoms with E-state index in [0.717, 1.165) is 34.7 Å². The number of pyridine rings is 1. The molecule has 1 aliphatic rings. The summed E-state index contributed by atoms with van der Waals surface area (Å²) in [5, 5.41) is 4.25. The van der Waals surface area contributed by atoms with Crippen molar-refractivity contribution in [1.82, 2.24) is 20.1 Å². The number of nitrogens with one attached hydrogen (secondary N) is 1. The number of hydrogen-bond acceptors (Lipinski definition) is 4. The van der Waals surface area contributed by atoms with Crippen LogP contribution in [0.15, 0.2) is 36.5 Å². The van der Waals surface area contributed by atoms with Crippen LogP contribution in [0, 0.1) is 0 Å². The van der Waals surface area contributed by atoms with Crippen molar-refractivity contribution < 1.29 is 0 Å². The van der Waals surface area contributed by atoms with E-state index in [2.05, 4.69) is 40.3 Å². The lowest BCUT2D eigenvalue weighted by atomic mass is 10.0. The highest BCUT2D eigenvalue weighted by Gasteiger charge is 2.40. The van der Waals surface area contributed by atoms with Crippen LogP contribution in [0.1, 0.15) is 29.1 Å². The number of aromatic nitrogens is 1. The van der Waals surface area contributed by atoms with E-state index >= 15 is 0 Å². The van der Waals surface area contributed by atoms with Crippen LogP contribution in [-0.2, 0) is 0 Å². The van der Waals surface area contributed by atoms with Gasteiger partial charge < -0.3 is 15.1 Å². The monoisotopic (exact) mass is 380 g/mol. The minimum atomic E-state index is 0.0489. The molecule has 0 aromatic carbocycles. The summed E-state index contributed by atoms with van der Waals surface area (Å²) in [4.78, 5) is 10.2. The summed E-state index contributed by atoms with van der Waals surface area (Å²) in [6, 6.07) is 10.2. The second-order valence-electron chi connectivity index (χ2n) is 6.12. The number of nitrogens with zero attached hydrogens (tertiary/aromatic N) is 3. The molecule has 3 rings (SSSR count). The van der Waals surface area contributed by atoms with E-state index in [9.17, 15) is 0 Å². The molecule has 1 aliphatic heterocycles. The fourth-order valence-corrected chi connectivity index (χ4v) is 4.54. The molecule has 1 N–H and O–H groups in total. The first kappa shape index (κ1) is 17.6. The first-order valence-corrected chi connectivity index (χ1v) is 9.54. The number of hydrogen-bond donors (Lipinski definition) is 1. The first-order chi connectivity index (χ1) is 11.6. The molecule has 2 aromatic heterocycles. The van der Waals surface area contributed by atoms with Crippen LogP contribution >= 0.6 is 35.2 Å². The van der Waals surface area contributed by atoms with Gasteiger partial charge in [0, 0.05) is 17.6 Å². The van der Waals surface area contributed by atoms with Crippen molar-refractivity contribution in [1.29, 1.82) is 0 Å². The van der Waals surface area contributed by atoms with Crippen molar-refractivity contribution in [3.8, 4) is 0 Å². The van der Waals surface area contributed by atoms with E-state index in [1.807, 2.05) is 30.5 Å². The van der Waals surface area contributed by atoms with Gasteiger partial charge in [-0.1, -0.05) is 17.7 Å². The molecular formula is C17H21ClN4S2. The summed E-state index contributed by atoms with van der Waals surface area (Å²) in [6.07, 6.45) is 2.88. The van der Waals surface area contributed by atoms with Gasteiger partial charge in [0.05, 0.1) is 22.1 Å². The molecule has 2 atom stereocenters. The molecule has 0 unspecified atom stereocenters. The predicted molar refractivity (Wildman–Crippen MR) is 105 cm³/mol. The fraction of sp³-hybridized carbons (Fsp3) is 0.412. The summed E-state index contributed by atoms with van der Waals surface area (Å²) in [5.74, 6) is 0. The largest absolute Gasteiger partial charge is 0.352 e. The molecule has 24 heavy (non-hydrogen) atoms. The predicted octanol–water partition coefficient (Wildman–Crippen LogP) is 3.72.